The Hall–Kier alpha value is -3.52. The van der Waals surface area contributed by atoms with Gasteiger partial charge in [0.15, 0.2) is 0 Å². The van der Waals surface area contributed by atoms with E-state index in [1.165, 1.54) is 29.5 Å². The Morgan fingerprint density at radius 3 is 2.71 bits per heavy atom. The molecule has 140 valence electrons. The lowest BCUT2D eigenvalue weighted by atomic mass is 10.1. The SMILES string of the molecule is O=C(OCc1ccncc1)c1ccc2[nH]c(=O)n(Cc3cccs3)c(=O)c2c1. The average Bonchev–Trinajstić information content (AvgIpc) is 3.23. The molecule has 1 aromatic carbocycles. The van der Waals surface area contributed by atoms with Crippen LogP contribution >= 0.6 is 11.3 Å². The van der Waals surface area contributed by atoms with E-state index in [9.17, 15) is 14.4 Å². The number of ether oxygens (including phenoxy) is 1. The molecule has 8 heteroatoms. The molecule has 28 heavy (non-hydrogen) atoms. The third-order valence-electron chi connectivity index (χ3n) is 4.23. The van der Waals surface area contributed by atoms with Gasteiger partial charge in [-0.05, 0) is 47.3 Å². The number of benzene rings is 1. The molecule has 3 heterocycles. The van der Waals surface area contributed by atoms with Crippen molar-refractivity contribution in [1.82, 2.24) is 14.5 Å². The maximum Gasteiger partial charge on any atom is 0.338 e. The number of carbonyl (C=O) groups is 1. The summed E-state index contributed by atoms with van der Waals surface area (Å²) in [5.41, 5.74) is 0.498. The quantitative estimate of drug-likeness (QED) is 0.526. The number of nitrogens with zero attached hydrogens (tertiary/aromatic N) is 2. The van der Waals surface area contributed by atoms with Gasteiger partial charge in [-0.3, -0.25) is 14.3 Å². The van der Waals surface area contributed by atoms with Crippen LogP contribution in [-0.4, -0.2) is 20.5 Å². The molecule has 1 N–H and O–H groups in total. The summed E-state index contributed by atoms with van der Waals surface area (Å²) in [6, 6.07) is 11.7. The van der Waals surface area contributed by atoms with Crippen LogP contribution in [0, 0.1) is 0 Å². The van der Waals surface area contributed by atoms with Crippen LogP contribution in [0.25, 0.3) is 10.9 Å². The largest absolute Gasteiger partial charge is 0.457 e. The van der Waals surface area contributed by atoms with Crippen LogP contribution in [0.5, 0.6) is 0 Å². The first-order valence-corrected chi connectivity index (χ1v) is 9.35. The second-order valence-corrected chi connectivity index (χ2v) is 7.13. The summed E-state index contributed by atoms with van der Waals surface area (Å²) in [5.74, 6) is -0.547. The zero-order chi connectivity index (χ0) is 19.5. The first-order valence-electron chi connectivity index (χ1n) is 8.47. The normalized spacial score (nSPS) is 10.9. The number of aromatic amines is 1. The van der Waals surface area contributed by atoms with Crippen molar-refractivity contribution in [2.45, 2.75) is 13.2 Å². The van der Waals surface area contributed by atoms with Crippen LogP contribution in [0.4, 0.5) is 0 Å². The highest BCUT2D eigenvalue weighted by molar-refractivity contribution is 7.09. The monoisotopic (exact) mass is 393 g/mol. The van der Waals surface area contributed by atoms with Crippen molar-refractivity contribution in [2.24, 2.45) is 0 Å². The van der Waals surface area contributed by atoms with Gasteiger partial charge in [0.05, 0.1) is 23.0 Å². The first kappa shape index (κ1) is 17.9. The smallest absolute Gasteiger partial charge is 0.338 e. The predicted molar refractivity (Wildman–Crippen MR) is 106 cm³/mol. The molecule has 0 aliphatic rings. The molecule has 0 atom stereocenters. The van der Waals surface area contributed by atoms with Gasteiger partial charge in [-0.15, -0.1) is 11.3 Å². The van der Waals surface area contributed by atoms with Crippen molar-refractivity contribution in [3.63, 3.8) is 0 Å². The third kappa shape index (κ3) is 3.63. The average molecular weight is 393 g/mol. The Labute approximate surface area is 162 Å². The number of pyridine rings is 1. The Morgan fingerprint density at radius 2 is 1.96 bits per heavy atom. The van der Waals surface area contributed by atoms with E-state index in [1.54, 1.807) is 24.5 Å². The molecule has 0 fully saturated rings. The molecule has 0 unspecified atom stereocenters. The summed E-state index contributed by atoms with van der Waals surface area (Å²) in [6.07, 6.45) is 3.23. The van der Waals surface area contributed by atoms with E-state index in [0.29, 0.717) is 5.52 Å². The van der Waals surface area contributed by atoms with Gasteiger partial charge in [-0.1, -0.05) is 6.07 Å². The lowest BCUT2D eigenvalue weighted by molar-refractivity contribution is 0.0473. The Balaban J connectivity index is 1.65. The molecule has 0 aliphatic carbocycles. The van der Waals surface area contributed by atoms with E-state index >= 15 is 0 Å². The van der Waals surface area contributed by atoms with E-state index in [2.05, 4.69) is 9.97 Å². The number of H-pyrrole nitrogens is 1. The number of esters is 1. The van der Waals surface area contributed by atoms with Gasteiger partial charge in [0, 0.05) is 17.3 Å². The maximum atomic E-state index is 12.8. The number of hydrogen-bond donors (Lipinski definition) is 1. The molecule has 0 amide bonds. The molecule has 4 rings (SSSR count). The lowest BCUT2D eigenvalue weighted by Crippen LogP contribution is -2.35. The van der Waals surface area contributed by atoms with Crippen molar-refractivity contribution in [2.75, 3.05) is 0 Å². The summed E-state index contributed by atoms with van der Waals surface area (Å²) in [6.45, 7) is 0.284. The summed E-state index contributed by atoms with van der Waals surface area (Å²) >= 11 is 1.46. The summed E-state index contributed by atoms with van der Waals surface area (Å²) in [4.78, 5) is 44.9. The van der Waals surface area contributed by atoms with Gasteiger partial charge >= 0.3 is 11.7 Å². The number of rotatable bonds is 5. The molecule has 0 spiro atoms. The molecule has 7 nitrogen and oxygen atoms in total. The number of thiophene rings is 1. The van der Waals surface area contributed by atoms with Gasteiger partial charge in [-0.2, -0.15) is 0 Å². The van der Waals surface area contributed by atoms with E-state index in [4.69, 9.17) is 4.74 Å². The zero-order valence-corrected chi connectivity index (χ0v) is 15.4. The molecule has 0 aliphatic heterocycles. The van der Waals surface area contributed by atoms with Crippen LogP contribution < -0.4 is 11.2 Å². The summed E-state index contributed by atoms with van der Waals surface area (Å²) < 4.78 is 6.42. The Bertz CT molecular complexity index is 1240. The zero-order valence-electron chi connectivity index (χ0n) is 14.6. The van der Waals surface area contributed by atoms with Gasteiger partial charge in [0.2, 0.25) is 0 Å². The van der Waals surface area contributed by atoms with Crippen molar-refractivity contribution in [3.8, 4) is 0 Å². The molecule has 0 saturated heterocycles. The van der Waals surface area contributed by atoms with E-state index in [0.717, 1.165) is 15.0 Å². The third-order valence-corrected chi connectivity index (χ3v) is 5.09. The highest BCUT2D eigenvalue weighted by Gasteiger charge is 2.13. The van der Waals surface area contributed by atoms with Crippen molar-refractivity contribution < 1.29 is 9.53 Å². The minimum Gasteiger partial charge on any atom is -0.457 e. The van der Waals surface area contributed by atoms with Crippen molar-refractivity contribution in [3.05, 3.63) is 97.1 Å². The second-order valence-electron chi connectivity index (χ2n) is 6.09. The standard InChI is InChI=1S/C20H15N3O4S/c24-18-16-10-14(19(25)27-12-13-5-7-21-8-6-13)3-4-17(16)22-20(26)23(18)11-15-2-1-9-28-15/h1-10H,11-12H2,(H,22,26). The van der Waals surface area contributed by atoms with E-state index < -0.39 is 17.2 Å². The van der Waals surface area contributed by atoms with Crippen LogP contribution in [0.15, 0.2) is 69.8 Å². The highest BCUT2D eigenvalue weighted by atomic mass is 32.1. The maximum absolute atomic E-state index is 12.8. The molecule has 3 aromatic heterocycles. The van der Waals surface area contributed by atoms with Crippen LogP contribution in [-0.2, 0) is 17.9 Å². The van der Waals surface area contributed by atoms with Crippen LogP contribution in [0.2, 0.25) is 0 Å². The fourth-order valence-electron chi connectivity index (χ4n) is 2.79. The number of hydrogen-bond acceptors (Lipinski definition) is 6. The van der Waals surface area contributed by atoms with Crippen molar-refractivity contribution in [1.29, 1.82) is 0 Å². The second kappa shape index (κ2) is 7.61. The van der Waals surface area contributed by atoms with Gasteiger partial charge < -0.3 is 9.72 Å². The van der Waals surface area contributed by atoms with Gasteiger partial charge in [0.25, 0.3) is 5.56 Å². The minimum absolute atomic E-state index is 0.105. The van der Waals surface area contributed by atoms with Gasteiger partial charge in [0.1, 0.15) is 6.61 Å². The lowest BCUT2D eigenvalue weighted by Gasteiger charge is -2.08. The topological polar surface area (TPSA) is 94.0 Å². The number of fused-ring (bicyclic) bond motifs is 1. The molecule has 4 aromatic rings. The number of aromatic nitrogens is 3. The molecular formula is C20H15N3O4S. The fraction of sp³-hybridized carbons (Fsp3) is 0.100. The molecule has 0 radical (unpaired) electrons. The Kier molecular flexibility index (Phi) is 4.86. The molecule has 0 saturated carbocycles. The van der Waals surface area contributed by atoms with Crippen molar-refractivity contribution >= 4 is 28.2 Å². The van der Waals surface area contributed by atoms with Gasteiger partial charge in [-0.25, -0.2) is 9.59 Å². The first-order chi connectivity index (χ1) is 13.6. The minimum atomic E-state index is -0.547. The van der Waals surface area contributed by atoms with Crippen LogP contribution in [0.3, 0.4) is 0 Å². The molecule has 0 bridgehead atoms. The predicted octanol–water partition coefficient (Wildman–Crippen LogP) is 2.55. The van der Waals surface area contributed by atoms with E-state index in [1.807, 2.05) is 17.5 Å². The Morgan fingerprint density at radius 1 is 1.14 bits per heavy atom. The fourth-order valence-corrected chi connectivity index (χ4v) is 3.48. The summed E-state index contributed by atoms with van der Waals surface area (Å²) in [7, 11) is 0. The van der Waals surface area contributed by atoms with E-state index in [-0.39, 0.29) is 24.1 Å². The highest BCUT2D eigenvalue weighted by Crippen LogP contribution is 2.13. The number of carbonyl (C=O) groups excluding carboxylic acids is 1. The summed E-state index contributed by atoms with van der Waals surface area (Å²) in [5, 5.41) is 2.14. The molecular weight excluding hydrogens is 378 g/mol. The van der Waals surface area contributed by atoms with Crippen LogP contribution in [0.1, 0.15) is 20.8 Å². The number of nitrogens with one attached hydrogen (secondary N) is 1.